The van der Waals surface area contributed by atoms with Crippen LogP contribution in [0.1, 0.15) is 10.4 Å². The first kappa shape index (κ1) is 9.25. The molecule has 0 bridgehead atoms. The van der Waals surface area contributed by atoms with E-state index in [0.29, 0.717) is 5.56 Å². The topological polar surface area (TPSA) is 69.4 Å². The molecule has 2 N–H and O–H groups in total. The van der Waals surface area contributed by atoms with E-state index in [1.165, 1.54) is 31.4 Å². The fourth-order valence-corrected chi connectivity index (χ4v) is 0.833. The lowest BCUT2D eigenvalue weighted by atomic mass is 10.3. The molecule has 0 aromatic heterocycles. The summed E-state index contributed by atoms with van der Waals surface area (Å²) in [5, 5.41) is 0. The molecule has 0 spiro atoms. The van der Waals surface area contributed by atoms with Gasteiger partial charge >= 0.3 is 5.97 Å². The van der Waals surface area contributed by atoms with E-state index in [1.807, 2.05) is 0 Å². The molecule has 0 aliphatic carbocycles. The molecule has 0 heterocycles. The third-order valence-corrected chi connectivity index (χ3v) is 1.56. The van der Waals surface area contributed by atoms with Gasteiger partial charge in [-0.1, -0.05) is 0 Å². The van der Waals surface area contributed by atoms with E-state index >= 15 is 0 Å². The Bertz CT molecular complexity index is 387. The van der Waals surface area contributed by atoms with Crippen molar-refractivity contribution in [2.45, 2.75) is 0 Å². The van der Waals surface area contributed by atoms with Crippen LogP contribution in [0.15, 0.2) is 29.1 Å². The summed E-state index contributed by atoms with van der Waals surface area (Å²) in [6.07, 6.45) is 0. The first-order chi connectivity index (χ1) is 6.15. The summed E-state index contributed by atoms with van der Waals surface area (Å²) in [6, 6.07) is 5.45. The van der Waals surface area contributed by atoms with E-state index in [9.17, 15) is 9.59 Å². The van der Waals surface area contributed by atoms with Crippen molar-refractivity contribution in [3.63, 3.8) is 0 Å². The maximum atomic E-state index is 11.0. The molecule has 68 valence electrons. The highest BCUT2D eigenvalue weighted by Gasteiger charge is 2.02. The Kier molecular flexibility index (Phi) is 2.64. The Morgan fingerprint density at radius 1 is 1.31 bits per heavy atom. The number of carbonyl (C=O) groups is 1. The van der Waals surface area contributed by atoms with Crippen LogP contribution in [0.3, 0.4) is 0 Å². The van der Waals surface area contributed by atoms with Crippen LogP contribution in [0.25, 0.3) is 0 Å². The molecule has 0 unspecified atom stereocenters. The highest BCUT2D eigenvalue weighted by molar-refractivity contribution is 5.89. The molecule has 0 amide bonds. The van der Waals surface area contributed by atoms with Crippen molar-refractivity contribution in [2.75, 3.05) is 12.8 Å². The minimum Gasteiger partial charge on any atom is -0.465 e. The Labute approximate surface area is 74.9 Å². The molecule has 0 aliphatic heterocycles. The van der Waals surface area contributed by atoms with Crippen molar-refractivity contribution in [2.24, 2.45) is 0 Å². The van der Waals surface area contributed by atoms with E-state index in [2.05, 4.69) is 4.74 Å². The van der Waals surface area contributed by atoms with Crippen molar-refractivity contribution in [1.82, 2.24) is 0 Å². The van der Waals surface area contributed by atoms with Crippen molar-refractivity contribution in [3.8, 4) is 0 Å². The fraction of sp³-hybridized carbons (Fsp3) is 0.111. The van der Waals surface area contributed by atoms with Gasteiger partial charge in [-0.05, 0) is 24.3 Å². The third kappa shape index (κ3) is 2.05. The zero-order valence-electron chi connectivity index (χ0n) is 7.11. The van der Waals surface area contributed by atoms with Crippen LogP contribution >= 0.6 is 0 Å². The van der Waals surface area contributed by atoms with Gasteiger partial charge in [-0.25, -0.2) is 4.79 Å². The zero-order chi connectivity index (χ0) is 9.84. The van der Waals surface area contributed by atoms with Gasteiger partial charge in [0.05, 0.1) is 18.4 Å². The normalized spacial score (nSPS) is 9.31. The van der Waals surface area contributed by atoms with Crippen LogP contribution < -0.4 is 11.2 Å². The summed E-state index contributed by atoms with van der Waals surface area (Å²) in [6.45, 7) is 0. The summed E-state index contributed by atoms with van der Waals surface area (Å²) in [5.41, 5.74) is 5.44. The molecular formula is C9H9NO3. The number of nitrogen functional groups attached to an aromatic ring is 1. The van der Waals surface area contributed by atoms with Gasteiger partial charge in [-0.15, -0.1) is 0 Å². The molecule has 0 aliphatic rings. The van der Waals surface area contributed by atoms with E-state index in [1.54, 1.807) is 0 Å². The first-order valence-electron chi connectivity index (χ1n) is 3.63. The van der Waals surface area contributed by atoms with E-state index < -0.39 is 5.97 Å². The van der Waals surface area contributed by atoms with Gasteiger partial charge in [-0.3, -0.25) is 4.79 Å². The van der Waals surface area contributed by atoms with Crippen molar-refractivity contribution >= 4 is 11.7 Å². The summed E-state index contributed by atoms with van der Waals surface area (Å²) < 4.78 is 4.48. The number of hydrogen-bond acceptors (Lipinski definition) is 4. The minimum atomic E-state index is -0.491. The van der Waals surface area contributed by atoms with Crippen LogP contribution in [-0.2, 0) is 4.74 Å². The predicted octanol–water partition coefficient (Wildman–Crippen LogP) is 0.416. The Morgan fingerprint density at radius 3 is 2.54 bits per heavy atom. The number of nitrogens with two attached hydrogens (primary N) is 1. The highest BCUT2D eigenvalue weighted by atomic mass is 16.5. The second-order valence-electron chi connectivity index (χ2n) is 2.43. The number of rotatable bonds is 1. The van der Waals surface area contributed by atoms with E-state index in [0.717, 1.165) is 0 Å². The molecule has 1 aromatic carbocycles. The largest absolute Gasteiger partial charge is 0.465 e. The smallest absolute Gasteiger partial charge is 0.337 e. The van der Waals surface area contributed by atoms with Gasteiger partial charge in [0, 0.05) is 0 Å². The zero-order valence-corrected chi connectivity index (χ0v) is 7.11. The number of carbonyl (C=O) groups excluding carboxylic acids is 1. The third-order valence-electron chi connectivity index (χ3n) is 1.56. The second kappa shape index (κ2) is 3.71. The number of anilines is 1. The molecule has 0 radical (unpaired) electrons. The van der Waals surface area contributed by atoms with Crippen molar-refractivity contribution < 1.29 is 9.53 Å². The van der Waals surface area contributed by atoms with Crippen LogP contribution in [0.4, 0.5) is 5.69 Å². The number of hydrogen-bond donors (Lipinski definition) is 1. The van der Waals surface area contributed by atoms with Crippen molar-refractivity contribution in [3.05, 3.63) is 40.1 Å². The van der Waals surface area contributed by atoms with Crippen LogP contribution in [-0.4, -0.2) is 13.1 Å². The number of ether oxygens (including phenoxy) is 1. The Morgan fingerprint density at radius 2 is 1.92 bits per heavy atom. The van der Waals surface area contributed by atoms with E-state index in [-0.39, 0.29) is 11.1 Å². The van der Waals surface area contributed by atoms with Gasteiger partial charge in [0.25, 0.3) is 0 Å². The molecule has 13 heavy (non-hydrogen) atoms. The lowest BCUT2D eigenvalue weighted by Crippen LogP contribution is -2.01. The fourth-order valence-electron chi connectivity index (χ4n) is 0.833. The molecule has 4 heteroatoms. The predicted molar refractivity (Wildman–Crippen MR) is 48.5 cm³/mol. The average molecular weight is 179 g/mol. The lowest BCUT2D eigenvalue weighted by Gasteiger charge is -1.93. The number of esters is 1. The lowest BCUT2D eigenvalue weighted by molar-refractivity contribution is 0.0601. The maximum absolute atomic E-state index is 11.0. The average Bonchev–Trinajstić information content (AvgIpc) is 2.30. The highest BCUT2D eigenvalue weighted by Crippen LogP contribution is 1.99. The summed E-state index contributed by atoms with van der Waals surface area (Å²) >= 11 is 0. The molecule has 0 saturated carbocycles. The van der Waals surface area contributed by atoms with Crippen molar-refractivity contribution in [1.29, 1.82) is 0 Å². The van der Waals surface area contributed by atoms with Gasteiger partial charge < -0.3 is 10.5 Å². The van der Waals surface area contributed by atoms with Crippen LogP contribution in [0.2, 0.25) is 0 Å². The second-order valence-corrected chi connectivity index (χ2v) is 2.43. The van der Waals surface area contributed by atoms with E-state index in [4.69, 9.17) is 5.73 Å². The summed E-state index contributed by atoms with van der Waals surface area (Å²) in [5.74, 6) is -0.491. The van der Waals surface area contributed by atoms with Gasteiger partial charge in [0.2, 0.25) is 5.43 Å². The summed E-state index contributed by atoms with van der Waals surface area (Å²) in [7, 11) is 1.27. The summed E-state index contributed by atoms with van der Waals surface area (Å²) in [4.78, 5) is 22.0. The Hall–Kier alpha value is -1.84. The van der Waals surface area contributed by atoms with Gasteiger partial charge in [-0.2, -0.15) is 0 Å². The molecule has 0 saturated heterocycles. The molecule has 1 rings (SSSR count). The maximum Gasteiger partial charge on any atom is 0.337 e. The van der Waals surface area contributed by atoms with Crippen LogP contribution in [0.5, 0.6) is 0 Å². The Balaban J connectivity index is 3.24. The van der Waals surface area contributed by atoms with Gasteiger partial charge in [0.15, 0.2) is 0 Å². The van der Waals surface area contributed by atoms with Gasteiger partial charge in [0.1, 0.15) is 0 Å². The molecule has 0 atom stereocenters. The number of methoxy groups -OCH3 is 1. The van der Waals surface area contributed by atoms with Crippen LogP contribution in [0, 0.1) is 0 Å². The standard InChI is InChI=1S/C9H9NO3/c1-13-9(12)6-2-4-7(10)8(11)5-3-6/h2-5H,1H3,(H2,10,11). The minimum absolute atomic E-state index is 0.107. The SMILES string of the molecule is COC(=O)c1ccc(N)c(=O)cc1. The molecule has 0 fully saturated rings. The molecule has 1 aromatic rings. The quantitative estimate of drug-likeness (QED) is 0.634. The molecular weight excluding hydrogens is 170 g/mol. The first-order valence-corrected chi connectivity index (χ1v) is 3.63. The molecule has 4 nitrogen and oxygen atoms in total. The monoisotopic (exact) mass is 179 g/mol.